The van der Waals surface area contributed by atoms with Gasteiger partial charge in [-0.2, -0.15) is 0 Å². The number of ketones is 1. The molecule has 0 saturated heterocycles. The molecule has 0 aliphatic rings. The lowest BCUT2D eigenvalue weighted by molar-refractivity contribution is -0.384. The molecular formula is C22H24N2O6. The molecule has 0 unspecified atom stereocenters. The van der Waals surface area contributed by atoms with Crippen molar-refractivity contribution in [3.05, 3.63) is 74.8 Å². The van der Waals surface area contributed by atoms with E-state index in [1.54, 1.807) is 0 Å². The lowest BCUT2D eigenvalue weighted by atomic mass is 9.98. The number of rotatable bonds is 10. The summed E-state index contributed by atoms with van der Waals surface area (Å²) in [5, 5.41) is 13.2. The fraction of sp³-hybridized carbons (Fsp3) is 0.318. The van der Waals surface area contributed by atoms with E-state index >= 15 is 0 Å². The van der Waals surface area contributed by atoms with Crippen LogP contribution in [0, 0.1) is 10.1 Å². The summed E-state index contributed by atoms with van der Waals surface area (Å²) in [6.07, 6.45) is 1.41. The van der Waals surface area contributed by atoms with E-state index in [4.69, 9.17) is 4.74 Å². The molecule has 2 rings (SSSR count). The van der Waals surface area contributed by atoms with Gasteiger partial charge in [-0.15, -0.1) is 0 Å². The molecule has 8 nitrogen and oxygen atoms in total. The number of aryl methyl sites for hydroxylation is 2. The van der Waals surface area contributed by atoms with Gasteiger partial charge < -0.3 is 10.1 Å². The minimum Gasteiger partial charge on any atom is -0.457 e. The van der Waals surface area contributed by atoms with Gasteiger partial charge in [-0.1, -0.05) is 26.0 Å². The molecular weight excluding hydrogens is 388 g/mol. The maximum absolute atomic E-state index is 12.4. The Labute approximate surface area is 174 Å². The summed E-state index contributed by atoms with van der Waals surface area (Å²) in [7, 11) is 0. The van der Waals surface area contributed by atoms with Crippen molar-refractivity contribution < 1.29 is 24.0 Å². The van der Waals surface area contributed by atoms with Gasteiger partial charge in [-0.05, 0) is 42.2 Å². The van der Waals surface area contributed by atoms with Crippen LogP contribution in [0.15, 0.2) is 42.5 Å². The molecule has 1 N–H and O–H groups in total. The van der Waals surface area contributed by atoms with Gasteiger partial charge in [0.1, 0.15) is 0 Å². The number of benzene rings is 2. The summed E-state index contributed by atoms with van der Waals surface area (Å²) < 4.78 is 5.05. The number of esters is 1. The fourth-order valence-electron chi connectivity index (χ4n) is 2.82. The molecule has 2 aromatic rings. The Balaban J connectivity index is 1.80. The Bertz CT molecular complexity index is 937. The molecule has 0 aliphatic carbocycles. The molecule has 158 valence electrons. The highest BCUT2D eigenvalue weighted by Gasteiger charge is 2.15. The quantitative estimate of drug-likeness (QED) is 0.277. The van der Waals surface area contributed by atoms with Gasteiger partial charge in [-0.3, -0.25) is 24.5 Å². The van der Waals surface area contributed by atoms with Crippen LogP contribution in [0.5, 0.6) is 0 Å². The Morgan fingerprint density at radius 2 is 1.73 bits per heavy atom. The van der Waals surface area contributed by atoms with Crippen molar-refractivity contribution in [2.24, 2.45) is 0 Å². The van der Waals surface area contributed by atoms with Gasteiger partial charge in [0.05, 0.1) is 11.3 Å². The van der Waals surface area contributed by atoms with E-state index in [9.17, 15) is 24.5 Å². The molecule has 0 heterocycles. The second kappa shape index (κ2) is 10.8. The molecule has 30 heavy (non-hydrogen) atoms. The van der Waals surface area contributed by atoms with Gasteiger partial charge in [-0.25, -0.2) is 0 Å². The fourth-order valence-corrected chi connectivity index (χ4v) is 2.82. The summed E-state index contributed by atoms with van der Waals surface area (Å²) >= 11 is 0. The molecule has 0 atom stereocenters. The molecule has 8 heteroatoms. The molecule has 1 amide bonds. The van der Waals surface area contributed by atoms with Crippen LogP contribution in [0.2, 0.25) is 0 Å². The Kier molecular flexibility index (Phi) is 8.22. The maximum Gasteiger partial charge on any atom is 0.308 e. The van der Waals surface area contributed by atoms with Gasteiger partial charge in [0.15, 0.2) is 6.61 Å². The van der Waals surface area contributed by atoms with Crippen molar-refractivity contribution in [3.63, 3.8) is 0 Å². The van der Waals surface area contributed by atoms with Crippen molar-refractivity contribution in [1.82, 2.24) is 5.32 Å². The Morgan fingerprint density at radius 1 is 1.03 bits per heavy atom. The molecule has 0 saturated carbocycles. The minimum absolute atomic E-state index is 0.0222. The van der Waals surface area contributed by atoms with Crippen molar-refractivity contribution in [2.45, 2.75) is 33.1 Å². The minimum atomic E-state index is -0.600. The number of nitrogens with zero attached hydrogens (tertiary/aromatic N) is 1. The van der Waals surface area contributed by atoms with E-state index in [-0.39, 0.29) is 36.6 Å². The highest BCUT2D eigenvalue weighted by atomic mass is 16.6. The van der Waals surface area contributed by atoms with Crippen molar-refractivity contribution in [3.8, 4) is 0 Å². The number of hydrogen-bond acceptors (Lipinski definition) is 6. The highest BCUT2D eigenvalue weighted by molar-refractivity contribution is 5.99. The molecule has 0 radical (unpaired) electrons. The average molecular weight is 412 g/mol. The lowest BCUT2D eigenvalue weighted by Gasteiger charge is -2.10. The van der Waals surface area contributed by atoms with Crippen LogP contribution in [0.3, 0.4) is 0 Å². The third-order valence-electron chi connectivity index (χ3n) is 4.58. The van der Waals surface area contributed by atoms with E-state index in [0.29, 0.717) is 12.0 Å². The number of amides is 1. The number of nitrogens with one attached hydrogen (secondary N) is 1. The Hall–Kier alpha value is -3.55. The zero-order valence-electron chi connectivity index (χ0n) is 17.0. The normalized spacial score (nSPS) is 10.3. The van der Waals surface area contributed by atoms with Gasteiger partial charge in [0, 0.05) is 29.8 Å². The predicted octanol–water partition coefficient (Wildman–Crippen LogP) is 3.27. The van der Waals surface area contributed by atoms with E-state index in [1.807, 2.05) is 32.0 Å². The highest BCUT2D eigenvalue weighted by Crippen LogP contribution is 2.15. The van der Waals surface area contributed by atoms with Crippen LogP contribution in [0.4, 0.5) is 5.69 Å². The first-order chi connectivity index (χ1) is 14.3. The van der Waals surface area contributed by atoms with E-state index in [2.05, 4.69) is 5.32 Å². The molecule has 0 aromatic heterocycles. The number of nitro benzene ring substituents is 1. The van der Waals surface area contributed by atoms with E-state index < -0.39 is 16.8 Å². The number of hydrogen-bond donors (Lipinski definition) is 1. The second-order valence-corrected chi connectivity index (χ2v) is 6.59. The second-order valence-electron chi connectivity index (χ2n) is 6.59. The topological polar surface area (TPSA) is 116 Å². The zero-order valence-corrected chi connectivity index (χ0v) is 17.0. The van der Waals surface area contributed by atoms with Crippen LogP contribution in [-0.4, -0.2) is 35.7 Å². The summed E-state index contributed by atoms with van der Waals surface area (Å²) in [6.45, 7) is 3.63. The number of Topliss-reactive ketones (excluding diaryl/α,β-unsaturated/α-hetero) is 1. The lowest BCUT2D eigenvalue weighted by Crippen LogP contribution is -2.27. The number of carbonyl (C=O) groups excluding carboxylic acids is 3. The molecule has 0 aliphatic heterocycles. The third-order valence-corrected chi connectivity index (χ3v) is 4.58. The van der Waals surface area contributed by atoms with Gasteiger partial charge >= 0.3 is 5.97 Å². The first-order valence-corrected chi connectivity index (χ1v) is 9.69. The van der Waals surface area contributed by atoms with Gasteiger partial charge in [0.25, 0.3) is 11.6 Å². The van der Waals surface area contributed by atoms with Gasteiger partial charge in [0.2, 0.25) is 5.78 Å². The predicted molar refractivity (Wildman–Crippen MR) is 111 cm³/mol. The monoisotopic (exact) mass is 412 g/mol. The molecule has 0 fully saturated rings. The first kappa shape index (κ1) is 22.7. The standard InChI is InChI=1S/C22H24N2O6/c1-3-15-5-6-16(4-2)19(13-15)20(25)14-30-21(26)11-12-23-22(27)17-7-9-18(10-8-17)24(28)29/h5-10,13H,3-4,11-12,14H2,1-2H3,(H,23,27). The zero-order chi connectivity index (χ0) is 22.1. The third kappa shape index (κ3) is 6.23. The van der Waals surface area contributed by atoms with Crippen LogP contribution in [0.1, 0.15) is 52.1 Å². The van der Waals surface area contributed by atoms with Crippen LogP contribution < -0.4 is 5.32 Å². The van der Waals surface area contributed by atoms with Crippen LogP contribution in [-0.2, 0) is 22.4 Å². The van der Waals surface area contributed by atoms with Crippen LogP contribution in [0.25, 0.3) is 0 Å². The summed E-state index contributed by atoms with van der Waals surface area (Å²) in [4.78, 5) is 46.4. The SMILES string of the molecule is CCc1ccc(CC)c(C(=O)COC(=O)CCNC(=O)c2ccc([N+](=O)[O-])cc2)c1. The number of carbonyl (C=O) groups is 3. The summed E-state index contributed by atoms with van der Waals surface area (Å²) in [5.74, 6) is -1.32. The van der Waals surface area contributed by atoms with Crippen molar-refractivity contribution in [1.29, 1.82) is 0 Å². The molecule has 2 aromatic carbocycles. The Morgan fingerprint density at radius 3 is 2.33 bits per heavy atom. The maximum atomic E-state index is 12.4. The summed E-state index contributed by atoms with van der Waals surface area (Å²) in [5.41, 5.74) is 2.64. The average Bonchev–Trinajstić information content (AvgIpc) is 2.76. The molecule has 0 spiro atoms. The molecule has 0 bridgehead atoms. The van der Waals surface area contributed by atoms with Crippen LogP contribution >= 0.6 is 0 Å². The van der Waals surface area contributed by atoms with E-state index in [1.165, 1.54) is 24.3 Å². The smallest absolute Gasteiger partial charge is 0.308 e. The van der Waals surface area contributed by atoms with E-state index in [0.717, 1.165) is 17.5 Å². The van der Waals surface area contributed by atoms with Crippen molar-refractivity contribution in [2.75, 3.05) is 13.2 Å². The summed E-state index contributed by atoms with van der Waals surface area (Å²) in [6, 6.07) is 10.9. The number of nitro groups is 1. The number of non-ortho nitro benzene ring substituents is 1. The first-order valence-electron chi connectivity index (χ1n) is 9.69. The number of ether oxygens (including phenoxy) is 1. The van der Waals surface area contributed by atoms with Crippen molar-refractivity contribution >= 4 is 23.3 Å². The largest absolute Gasteiger partial charge is 0.457 e.